The van der Waals surface area contributed by atoms with E-state index in [9.17, 15) is 18.0 Å². The van der Waals surface area contributed by atoms with Gasteiger partial charge >= 0.3 is 6.03 Å². The first-order valence-electron chi connectivity index (χ1n) is 10.0. The molecule has 3 amide bonds. The Balaban J connectivity index is 1.54. The number of benzene rings is 1. The fourth-order valence-corrected chi connectivity index (χ4v) is 5.34. The topological polar surface area (TPSA) is 100 Å². The van der Waals surface area contributed by atoms with Crippen LogP contribution in [0.5, 0.6) is 0 Å². The molecule has 158 valence electrons. The van der Waals surface area contributed by atoms with Crippen molar-refractivity contribution >= 4 is 22.0 Å². The van der Waals surface area contributed by atoms with Crippen LogP contribution in [0.4, 0.5) is 4.79 Å². The molecular weight excluding hydrogens is 392 g/mol. The maximum Gasteiger partial charge on any atom is 0.321 e. The molecule has 0 bridgehead atoms. The average molecular weight is 422 g/mol. The van der Waals surface area contributed by atoms with Crippen LogP contribution in [0.3, 0.4) is 0 Å². The summed E-state index contributed by atoms with van der Waals surface area (Å²) in [4.78, 5) is 24.8. The summed E-state index contributed by atoms with van der Waals surface area (Å²) in [6.45, 7) is 5.65. The van der Waals surface area contributed by atoms with Crippen LogP contribution in [0.1, 0.15) is 24.0 Å². The number of quaternary nitrogens is 1. The SMILES string of the molecule is C=CCNC(=O)NC(=O)C[NH+]1CCN(S(=O)(=O)c2ccc3c(c2)CCCC3)CC1. The summed E-state index contributed by atoms with van der Waals surface area (Å²) >= 11 is 0. The molecule has 0 atom stereocenters. The van der Waals surface area contributed by atoms with Crippen molar-refractivity contribution in [2.24, 2.45) is 0 Å². The third-order valence-corrected chi connectivity index (χ3v) is 7.35. The van der Waals surface area contributed by atoms with E-state index in [1.165, 1.54) is 15.9 Å². The predicted molar refractivity (Wildman–Crippen MR) is 109 cm³/mol. The molecule has 0 spiro atoms. The highest BCUT2D eigenvalue weighted by atomic mass is 32.2. The van der Waals surface area contributed by atoms with Gasteiger partial charge in [-0.1, -0.05) is 12.1 Å². The number of aryl methyl sites for hydroxylation is 2. The quantitative estimate of drug-likeness (QED) is 0.538. The predicted octanol–water partition coefficient (Wildman–Crippen LogP) is -0.534. The molecule has 2 aliphatic rings. The van der Waals surface area contributed by atoms with E-state index in [-0.39, 0.29) is 19.0 Å². The van der Waals surface area contributed by atoms with Gasteiger partial charge in [-0.15, -0.1) is 6.58 Å². The summed E-state index contributed by atoms with van der Waals surface area (Å²) in [6.07, 6.45) is 5.74. The Morgan fingerprint density at radius 1 is 1.14 bits per heavy atom. The fourth-order valence-electron chi connectivity index (χ4n) is 3.85. The molecule has 3 rings (SSSR count). The van der Waals surface area contributed by atoms with Crippen LogP contribution in [0.2, 0.25) is 0 Å². The second-order valence-electron chi connectivity index (χ2n) is 7.52. The van der Waals surface area contributed by atoms with E-state index in [0.717, 1.165) is 36.1 Å². The molecule has 0 saturated carbocycles. The number of hydrogen-bond donors (Lipinski definition) is 3. The van der Waals surface area contributed by atoms with Crippen molar-refractivity contribution < 1.29 is 22.9 Å². The molecule has 1 aromatic carbocycles. The first-order chi connectivity index (χ1) is 13.9. The number of urea groups is 1. The van der Waals surface area contributed by atoms with E-state index in [4.69, 9.17) is 0 Å². The number of carbonyl (C=O) groups is 2. The van der Waals surface area contributed by atoms with Gasteiger partial charge in [-0.05, 0) is 48.9 Å². The van der Waals surface area contributed by atoms with Gasteiger partial charge in [0.05, 0.1) is 31.1 Å². The molecule has 1 saturated heterocycles. The van der Waals surface area contributed by atoms with Gasteiger partial charge < -0.3 is 10.2 Å². The third kappa shape index (κ3) is 5.43. The van der Waals surface area contributed by atoms with Crippen LogP contribution >= 0.6 is 0 Å². The Morgan fingerprint density at radius 3 is 2.52 bits per heavy atom. The first-order valence-corrected chi connectivity index (χ1v) is 11.5. The summed E-state index contributed by atoms with van der Waals surface area (Å²) in [5, 5.41) is 4.75. The van der Waals surface area contributed by atoms with Gasteiger partial charge in [0.2, 0.25) is 10.0 Å². The lowest BCUT2D eigenvalue weighted by molar-refractivity contribution is -0.895. The molecule has 1 heterocycles. The smallest absolute Gasteiger partial charge is 0.321 e. The summed E-state index contributed by atoms with van der Waals surface area (Å²) in [5.41, 5.74) is 2.40. The van der Waals surface area contributed by atoms with Crippen LogP contribution in [0, 0.1) is 0 Å². The molecule has 1 aliphatic heterocycles. The highest BCUT2D eigenvalue weighted by molar-refractivity contribution is 7.89. The van der Waals surface area contributed by atoms with E-state index in [2.05, 4.69) is 17.2 Å². The lowest BCUT2D eigenvalue weighted by atomic mass is 9.92. The highest BCUT2D eigenvalue weighted by Gasteiger charge is 2.31. The summed E-state index contributed by atoms with van der Waals surface area (Å²) in [7, 11) is -3.53. The number of nitrogens with zero attached hydrogens (tertiary/aromatic N) is 1. The molecule has 1 aliphatic carbocycles. The van der Waals surface area contributed by atoms with Crippen molar-refractivity contribution in [3.63, 3.8) is 0 Å². The molecule has 0 radical (unpaired) electrons. The monoisotopic (exact) mass is 421 g/mol. The van der Waals surface area contributed by atoms with E-state index in [1.807, 2.05) is 12.1 Å². The number of nitrogens with one attached hydrogen (secondary N) is 3. The average Bonchev–Trinajstić information content (AvgIpc) is 2.72. The Kier molecular flexibility index (Phi) is 7.05. The molecule has 3 N–H and O–H groups in total. The lowest BCUT2D eigenvalue weighted by Crippen LogP contribution is -3.15. The van der Waals surface area contributed by atoms with Crippen LogP contribution in [0.15, 0.2) is 35.7 Å². The standard InChI is InChI=1S/C20H28N4O4S/c1-2-9-21-20(26)22-19(25)15-23-10-12-24(13-11-23)29(27,28)18-8-7-16-5-3-4-6-17(16)14-18/h2,7-8,14H,1,3-6,9-13,15H2,(H2,21,22,25,26)/p+1. The van der Waals surface area contributed by atoms with Gasteiger partial charge in [0.15, 0.2) is 6.54 Å². The number of piperazine rings is 1. The second kappa shape index (κ2) is 9.51. The molecule has 9 heteroatoms. The Morgan fingerprint density at radius 2 is 1.83 bits per heavy atom. The maximum atomic E-state index is 13.0. The van der Waals surface area contributed by atoms with Gasteiger partial charge in [0.1, 0.15) is 0 Å². The van der Waals surface area contributed by atoms with Crippen LogP contribution < -0.4 is 15.5 Å². The van der Waals surface area contributed by atoms with E-state index >= 15 is 0 Å². The van der Waals surface area contributed by atoms with Gasteiger partial charge in [0, 0.05) is 6.54 Å². The zero-order valence-electron chi connectivity index (χ0n) is 16.6. The van der Waals surface area contributed by atoms with Gasteiger partial charge in [0.25, 0.3) is 5.91 Å². The molecule has 1 aromatic rings. The van der Waals surface area contributed by atoms with Crippen LogP contribution in [0.25, 0.3) is 0 Å². The molecular formula is C20H29N4O4S+. The second-order valence-corrected chi connectivity index (χ2v) is 9.45. The minimum absolute atomic E-state index is 0.133. The summed E-state index contributed by atoms with van der Waals surface area (Å²) < 4.78 is 27.5. The summed E-state index contributed by atoms with van der Waals surface area (Å²) in [6, 6.07) is 4.94. The van der Waals surface area contributed by atoms with Gasteiger partial charge in [-0.3, -0.25) is 10.1 Å². The normalized spacial score (nSPS) is 17.9. The molecule has 8 nitrogen and oxygen atoms in total. The minimum atomic E-state index is -3.53. The number of sulfonamides is 1. The van der Waals surface area contributed by atoms with Crippen molar-refractivity contribution in [3.8, 4) is 0 Å². The third-order valence-electron chi connectivity index (χ3n) is 5.46. The summed E-state index contributed by atoms with van der Waals surface area (Å²) in [5.74, 6) is -0.382. The van der Waals surface area contributed by atoms with Gasteiger partial charge in [-0.2, -0.15) is 4.31 Å². The van der Waals surface area contributed by atoms with Gasteiger partial charge in [-0.25, -0.2) is 13.2 Å². The van der Waals surface area contributed by atoms with Crippen molar-refractivity contribution in [1.82, 2.24) is 14.9 Å². The van der Waals surface area contributed by atoms with Crippen molar-refractivity contribution in [2.75, 3.05) is 39.3 Å². The lowest BCUT2D eigenvalue weighted by Gasteiger charge is -2.31. The van der Waals surface area contributed by atoms with E-state index in [1.54, 1.807) is 6.07 Å². The van der Waals surface area contributed by atoms with Crippen molar-refractivity contribution in [3.05, 3.63) is 42.0 Å². The highest BCUT2D eigenvalue weighted by Crippen LogP contribution is 2.25. The molecule has 1 fully saturated rings. The minimum Gasteiger partial charge on any atom is -0.334 e. The number of fused-ring (bicyclic) bond motifs is 1. The van der Waals surface area contributed by atoms with E-state index in [0.29, 0.717) is 31.1 Å². The Hall–Kier alpha value is -2.23. The fraction of sp³-hybridized carbons (Fsp3) is 0.500. The number of imide groups is 1. The maximum absolute atomic E-state index is 13.0. The van der Waals surface area contributed by atoms with Crippen LogP contribution in [-0.4, -0.2) is 63.9 Å². The molecule has 29 heavy (non-hydrogen) atoms. The molecule has 0 unspecified atom stereocenters. The molecule has 0 aromatic heterocycles. The number of amides is 3. The largest absolute Gasteiger partial charge is 0.334 e. The Bertz CT molecular complexity index is 876. The number of hydrogen-bond acceptors (Lipinski definition) is 4. The first kappa shape index (κ1) is 21.5. The zero-order chi connectivity index (χ0) is 20.9. The number of carbonyl (C=O) groups excluding carboxylic acids is 2. The van der Waals surface area contributed by atoms with Crippen LogP contribution in [-0.2, 0) is 27.7 Å². The van der Waals surface area contributed by atoms with Crippen molar-refractivity contribution in [1.29, 1.82) is 0 Å². The number of rotatable bonds is 6. The zero-order valence-corrected chi connectivity index (χ0v) is 17.4. The van der Waals surface area contributed by atoms with Crippen molar-refractivity contribution in [2.45, 2.75) is 30.6 Å². The Labute approximate surface area is 172 Å². The van der Waals surface area contributed by atoms with E-state index < -0.39 is 16.1 Å².